The van der Waals surface area contributed by atoms with Gasteiger partial charge in [0.15, 0.2) is 11.5 Å². The van der Waals surface area contributed by atoms with E-state index >= 15 is 0 Å². The lowest BCUT2D eigenvalue weighted by Gasteiger charge is -2.40. The summed E-state index contributed by atoms with van der Waals surface area (Å²) >= 11 is 0. The topological polar surface area (TPSA) is 103 Å². The van der Waals surface area contributed by atoms with E-state index in [0.717, 1.165) is 38.4 Å². The van der Waals surface area contributed by atoms with Crippen LogP contribution in [-0.4, -0.2) is 81.7 Å². The maximum Gasteiger partial charge on any atom is 0.274 e. The number of rotatable bonds is 5. The van der Waals surface area contributed by atoms with Crippen molar-refractivity contribution in [2.45, 2.75) is 63.1 Å². The summed E-state index contributed by atoms with van der Waals surface area (Å²) in [4.78, 5) is 34.5. The molecule has 2 saturated heterocycles. The number of halogens is 1. The molecular formula is C25H33FN6O3. The molecule has 35 heavy (non-hydrogen) atoms. The van der Waals surface area contributed by atoms with Crippen LogP contribution in [0, 0.1) is 11.7 Å². The van der Waals surface area contributed by atoms with E-state index < -0.39 is 5.82 Å². The van der Waals surface area contributed by atoms with Gasteiger partial charge in [0.05, 0.1) is 19.0 Å². The molecule has 0 bridgehead atoms. The third kappa shape index (κ3) is 4.63. The molecule has 0 unspecified atom stereocenters. The second kappa shape index (κ2) is 9.22. The Morgan fingerprint density at radius 3 is 2.77 bits per heavy atom. The first-order valence-electron chi connectivity index (χ1n) is 12.4. The minimum absolute atomic E-state index is 0.0840. The molecule has 0 aromatic carbocycles. The largest absolute Gasteiger partial charge is 0.481 e. The van der Waals surface area contributed by atoms with Crippen LogP contribution in [0.15, 0.2) is 18.3 Å². The number of H-pyrrole nitrogens is 1. The van der Waals surface area contributed by atoms with Gasteiger partial charge in [-0.25, -0.2) is 9.37 Å². The van der Waals surface area contributed by atoms with Gasteiger partial charge in [0.1, 0.15) is 0 Å². The van der Waals surface area contributed by atoms with Crippen LogP contribution in [0.2, 0.25) is 0 Å². The molecule has 1 spiro atoms. The van der Waals surface area contributed by atoms with Crippen molar-refractivity contribution in [2.24, 2.45) is 5.92 Å². The van der Waals surface area contributed by atoms with Crippen molar-refractivity contribution in [1.29, 1.82) is 0 Å². The number of ether oxygens (including phenoxy) is 1. The van der Waals surface area contributed by atoms with Crippen LogP contribution in [0.4, 0.5) is 4.39 Å². The molecule has 3 fully saturated rings. The highest BCUT2D eigenvalue weighted by molar-refractivity contribution is 5.94. The highest BCUT2D eigenvalue weighted by Gasteiger charge is 2.54. The number of likely N-dealkylation sites (tertiary alicyclic amines) is 2. The van der Waals surface area contributed by atoms with E-state index in [-0.39, 0.29) is 46.5 Å². The second-order valence-electron chi connectivity index (χ2n) is 10.3. The van der Waals surface area contributed by atoms with Gasteiger partial charge < -0.3 is 19.9 Å². The number of carbonyl (C=O) groups excluding carboxylic acids is 2. The van der Waals surface area contributed by atoms with Crippen molar-refractivity contribution in [3.63, 3.8) is 0 Å². The first kappa shape index (κ1) is 23.7. The Balaban J connectivity index is 1.24. The molecule has 5 rings (SSSR count). The van der Waals surface area contributed by atoms with Gasteiger partial charge in [-0.1, -0.05) is 0 Å². The Kier molecular flexibility index (Phi) is 6.25. The van der Waals surface area contributed by atoms with Crippen molar-refractivity contribution in [2.75, 3.05) is 27.2 Å². The van der Waals surface area contributed by atoms with Crippen LogP contribution in [0.3, 0.4) is 0 Å². The van der Waals surface area contributed by atoms with E-state index in [1.165, 1.54) is 13.2 Å². The summed E-state index contributed by atoms with van der Waals surface area (Å²) in [6.07, 6.45) is 6.25. The fourth-order valence-corrected chi connectivity index (χ4v) is 5.52. The number of nitrogens with zero attached hydrogens (tertiary/aromatic N) is 4. The standard InChI is InChI=1S/C25H33FN6O3/c1-15-4-5-17(14-31(15)2)28-23(33)16-6-9-32(25(12-16)7-8-25)24(34)21-11-20(29-30-21)18-10-22(35-3)27-13-19(18)26/h10-11,13,15-17H,4-9,12,14H2,1-3H3,(H,28,33)(H,29,30)/t15-,16+,17+/m1/s1. The zero-order valence-electron chi connectivity index (χ0n) is 20.5. The molecule has 2 aromatic rings. The van der Waals surface area contributed by atoms with E-state index in [1.807, 2.05) is 4.90 Å². The zero-order chi connectivity index (χ0) is 24.7. The Bertz CT molecular complexity index is 1120. The van der Waals surface area contributed by atoms with E-state index in [4.69, 9.17) is 4.74 Å². The molecule has 10 heteroatoms. The van der Waals surface area contributed by atoms with Crippen LogP contribution in [-0.2, 0) is 4.79 Å². The number of amides is 2. The first-order valence-corrected chi connectivity index (χ1v) is 12.4. The van der Waals surface area contributed by atoms with Gasteiger partial charge >= 0.3 is 0 Å². The number of nitrogens with one attached hydrogen (secondary N) is 2. The molecule has 0 radical (unpaired) electrons. The average molecular weight is 485 g/mol. The molecular weight excluding hydrogens is 451 g/mol. The van der Waals surface area contributed by atoms with Crippen molar-refractivity contribution >= 4 is 11.8 Å². The minimum Gasteiger partial charge on any atom is -0.481 e. The summed E-state index contributed by atoms with van der Waals surface area (Å²) < 4.78 is 19.4. The fraction of sp³-hybridized carbons (Fsp3) is 0.600. The van der Waals surface area contributed by atoms with Gasteiger partial charge in [-0.2, -0.15) is 5.10 Å². The lowest BCUT2D eigenvalue weighted by atomic mass is 9.87. The zero-order valence-corrected chi connectivity index (χ0v) is 20.5. The predicted octanol–water partition coefficient (Wildman–Crippen LogP) is 2.60. The van der Waals surface area contributed by atoms with Gasteiger partial charge in [0.25, 0.3) is 5.91 Å². The molecule has 188 valence electrons. The average Bonchev–Trinajstić information content (AvgIpc) is 3.42. The molecule has 3 aliphatic rings. The van der Waals surface area contributed by atoms with E-state index in [1.54, 1.807) is 6.07 Å². The van der Waals surface area contributed by atoms with Gasteiger partial charge in [-0.3, -0.25) is 14.7 Å². The number of pyridine rings is 1. The predicted molar refractivity (Wildman–Crippen MR) is 127 cm³/mol. The summed E-state index contributed by atoms with van der Waals surface area (Å²) in [5, 5.41) is 10.2. The van der Waals surface area contributed by atoms with Crippen LogP contribution in [0.5, 0.6) is 5.88 Å². The number of hydrogen-bond donors (Lipinski definition) is 2. The van der Waals surface area contributed by atoms with Gasteiger partial charge in [-0.05, 0) is 58.6 Å². The summed E-state index contributed by atoms with van der Waals surface area (Å²) in [6.45, 7) is 3.60. The normalized spacial score (nSPS) is 25.9. The number of methoxy groups -OCH3 is 1. The second-order valence-corrected chi connectivity index (χ2v) is 10.3. The maximum atomic E-state index is 14.3. The number of aromatic nitrogens is 3. The van der Waals surface area contributed by atoms with Crippen molar-refractivity contribution in [3.8, 4) is 17.1 Å². The number of aromatic amines is 1. The summed E-state index contributed by atoms with van der Waals surface area (Å²) in [5.74, 6) is -0.416. The fourth-order valence-electron chi connectivity index (χ4n) is 5.52. The lowest BCUT2D eigenvalue weighted by Crippen LogP contribution is -2.54. The molecule has 2 N–H and O–H groups in total. The third-order valence-corrected chi connectivity index (χ3v) is 8.01. The van der Waals surface area contributed by atoms with Crippen LogP contribution >= 0.6 is 0 Å². The monoisotopic (exact) mass is 484 g/mol. The molecule has 3 atom stereocenters. The summed E-state index contributed by atoms with van der Waals surface area (Å²) in [7, 11) is 3.56. The van der Waals surface area contributed by atoms with Crippen molar-refractivity contribution in [1.82, 2.24) is 30.3 Å². The van der Waals surface area contributed by atoms with Gasteiger partial charge in [0, 0.05) is 48.3 Å². The quantitative estimate of drug-likeness (QED) is 0.676. The van der Waals surface area contributed by atoms with E-state index in [9.17, 15) is 14.0 Å². The molecule has 9 nitrogen and oxygen atoms in total. The Hall–Kier alpha value is -3.01. The highest BCUT2D eigenvalue weighted by atomic mass is 19.1. The molecule has 1 saturated carbocycles. The SMILES string of the molecule is COc1cc(-c2cc(C(=O)N3CC[C@H](C(=O)N[C@H]4CC[C@@H](C)N(C)C4)CC34CC4)n[nH]2)c(F)cn1. The summed E-state index contributed by atoms with van der Waals surface area (Å²) in [5.41, 5.74) is 0.586. The first-order chi connectivity index (χ1) is 16.8. The van der Waals surface area contributed by atoms with Gasteiger partial charge in [0.2, 0.25) is 11.8 Å². The smallest absolute Gasteiger partial charge is 0.274 e. The molecule has 2 aliphatic heterocycles. The number of hydrogen-bond acceptors (Lipinski definition) is 6. The van der Waals surface area contributed by atoms with E-state index in [2.05, 4.69) is 39.4 Å². The highest BCUT2D eigenvalue weighted by Crippen LogP contribution is 2.50. The Labute approximate surface area is 204 Å². The molecule has 2 amide bonds. The summed E-state index contributed by atoms with van der Waals surface area (Å²) in [6, 6.07) is 3.77. The number of piperidine rings is 2. The third-order valence-electron chi connectivity index (χ3n) is 8.01. The number of likely N-dealkylation sites (N-methyl/N-ethyl adjacent to an activating group) is 1. The molecule has 4 heterocycles. The van der Waals surface area contributed by atoms with Crippen LogP contribution < -0.4 is 10.1 Å². The van der Waals surface area contributed by atoms with E-state index in [0.29, 0.717) is 31.1 Å². The lowest BCUT2D eigenvalue weighted by molar-refractivity contribution is -0.128. The Morgan fingerprint density at radius 2 is 2.06 bits per heavy atom. The van der Waals surface area contributed by atoms with Crippen LogP contribution in [0.1, 0.15) is 55.9 Å². The van der Waals surface area contributed by atoms with Crippen molar-refractivity contribution in [3.05, 3.63) is 29.8 Å². The maximum absolute atomic E-state index is 14.3. The minimum atomic E-state index is -0.530. The molecule has 2 aromatic heterocycles. The van der Waals surface area contributed by atoms with Crippen LogP contribution in [0.25, 0.3) is 11.3 Å². The number of carbonyl (C=O) groups is 2. The van der Waals surface area contributed by atoms with Crippen molar-refractivity contribution < 1.29 is 18.7 Å². The Morgan fingerprint density at radius 1 is 1.26 bits per heavy atom. The van der Waals surface area contributed by atoms with Gasteiger partial charge in [-0.15, -0.1) is 0 Å². The molecule has 1 aliphatic carbocycles.